The van der Waals surface area contributed by atoms with Gasteiger partial charge in [0.15, 0.2) is 11.5 Å². The van der Waals surface area contributed by atoms with E-state index in [9.17, 15) is 10.2 Å². The van der Waals surface area contributed by atoms with Crippen LogP contribution in [0.25, 0.3) is 11.1 Å². The van der Waals surface area contributed by atoms with Crippen LogP contribution < -0.4 is 5.73 Å². The summed E-state index contributed by atoms with van der Waals surface area (Å²) < 4.78 is 0. The van der Waals surface area contributed by atoms with Crippen molar-refractivity contribution >= 4 is 5.84 Å². The molecule has 2 rings (SSSR count). The summed E-state index contributed by atoms with van der Waals surface area (Å²) in [4.78, 5) is 0. The Balaban J connectivity index is 2.56. The van der Waals surface area contributed by atoms with Crippen LogP contribution in [0.5, 0.6) is 11.5 Å². The van der Waals surface area contributed by atoms with Gasteiger partial charge in [0.25, 0.3) is 0 Å². The van der Waals surface area contributed by atoms with Gasteiger partial charge in [-0.05, 0) is 24.1 Å². The standard InChI is InChI=1S/C14H14N2O2/c1-8-7-9(5-6-10(8)14(15)16)11-3-2-4-12(17)13(11)18/h2-7,17-18H,1H3,(H3,15,16). The smallest absolute Gasteiger partial charge is 0.165 e. The number of nitrogens with two attached hydrogens (primary N) is 1. The van der Waals surface area contributed by atoms with Gasteiger partial charge in [0.05, 0.1) is 0 Å². The number of hydrogen-bond donors (Lipinski definition) is 4. The number of nitrogens with one attached hydrogen (secondary N) is 1. The van der Waals surface area contributed by atoms with Gasteiger partial charge in [-0.15, -0.1) is 0 Å². The zero-order chi connectivity index (χ0) is 13.3. The van der Waals surface area contributed by atoms with Crippen molar-refractivity contribution in [3.63, 3.8) is 0 Å². The molecular formula is C14H14N2O2. The Morgan fingerprint density at radius 2 is 1.89 bits per heavy atom. The Labute approximate surface area is 105 Å². The van der Waals surface area contributed by atoms with Gasteiger partial charge in [0.2, 0.25) is 0 Å². The molecule has 4 nitrogen and oxygen atoms in total. The number of rotatable bonds is 2. The van der Waals surface area contributed by atoms with Gasteiger partial charge in [0.1, 0.15) is 5.84 Å². The molecule has 0 bridgehead atoms. The van der Waals surface area contributed by atoms with Crippen molar-refractivity contribution in [1.29, 1.82) is 5.41 Å². The Morgan fingerprint density at radius 1 is 1.17 bits per heavy atom. The van der Waals surface area contributed by atoms with E-state index in [2.05, 4.69) is 0 Å². The molecule has 5 N–H and O–H groups in total. The maximum atomic E-state index is 9.80. The third kappa shape index (κ3) is 2.00. The molecule has 0 aliphatic rings. The van der Waals surface area contributed by atoms with Gasteiger partial charge in [-0.25, -0.2) is 0 Å². The van der Waals surface area contributed by atoms with E-state index < -0.39 is 0 Å². The molecule has 4 heteroatoms. The molecule has 0 unspecified atom stereocenters. The molecule has 2 aromatic rings. The second kappa shape index (κ2) is 4.41. The number of amidine groups is 1. The fraction of sp³-hybridized carbons (Fsp3) is 0.0714. The van der Waals surface area contributed by atoms with E-state index in [0.29, 0.717) is 11.1 Å². The summed E-state index contributed by atoms with van der Waals surface area (Å²) in [5.74, 6) is -0.285. The number of para-hydroxylation sites is 1. The molecule has 0 atom stereocenters. The zero-order valence-corrected chi connectivity index (χ0v) is 9.94. The lowest BCUT2D eigenvalue weighted by Gasteiger charge is -2.09. The van der Waals surface area contributed by atoms with Crippen LogP contribution in [0.4, 0.5) is 0 Å². The molecule has 92 valence electrons. The van der Waals surface area contributed by atoms with Crippen LogP contribution in [0.2, 0.25) is 0 Å². The van der Waals surface area contributed by atoms with Crippen molar-refractivity contribution in [3.8, 4) is 22.6 Å². The van der Waals surface area contributed by atoms with Crippen molar-refractivity contribution < 1.29 is 10.2 Å². The minimum atomic E-state index is -0.152. The first-order valence-corrected chi connectivity index (χ1v) is 5.47. The van der Waals surface area contributed by atoms with E-state index in [4.69, 9.17) is 11.1 Å². The van der Waals surface area contributed by atoms with E-state index in [1.807, 2.05) is 13.0 Å². The van der Waals surface area contributed by atoms with Gasteiger partial charge in [-0.1, -0.05) is 30.3 Å². The predicted octanol–water partition coefficient (Wildman–Crippen LogP) is 2.36. The Kier molecular flexibility index (Phi) is 2.93. The lowest BCUT2D eigenvalue weighted by Crippen LogP contribution is -2.12. The van der Waals surface area contributed by atoms with Gasteiger partial charge < -0.3 is 15.9 Å². The van der Waals surface area contributed by atoms with Crippen molar-refractivity contribution in [1.82, 2.24) is 0 Å². The molecule has 0 spiro atoms. The van der Waals surface area contributed by atoms with Crippen LogP contribution in [0.3, 0.4) is 0 Å². The second-order valence-electron chi connectivity index (χ2n) is 4.12. The van der Waals surface area contributed by atoms with Crippen LogP contribution in [0.1, 0.15) is 11.1 Å². The fourth-order valence-corrected chi connectivity index (χ4v) is 1.90. The average Bonchev–Trinajstić information content (AvgIpc) is 2.32. The van der Waals surface area contributed by atoms with Crippen molar-refractivity contribution in [2.45, 2.75) is 6.92 Å². The van der Waals surface area contributed by atoms with Gasteiger partial charge in [-0.3, -0.25) is 5.41 Å². The number of benzene rings is 2. The van der Waals surface area contributed by atoms with Crippen LogP contribution in [0, 0.1) is 12.3 Å². The Bertz CT molecular complexity index is 621. The highest BCUT2D eigenvalue weighted by atomic mass is 16.3. The third-order valence-corrected chi connectivity index (χ3v) is 2.84. The van der Waals surface area contributed by atoms with E-state index in [1.165, 1.54) is 6.07 Å². The van der Waals surface area contributed by atoms with Crippen LogP contribution in [0.15, 0.2) is 36.4 Å². The predicted molar refractivity (Wildman–Crippen MR) is 71.0 cm³/mol. The lowest BCUT2D eigenvalue weighted by molar-refractivity contribution is 0.405. The van der Waals surface area contributed by atoms with E-state index in [1.54, 1.807) is 24.3 Å². The molecule has 0 heterocycles. The quantitative estimate of drug-likeness (QED) is 0.370. The number of nitrogen functional groups attached to an aromatic ring is 1. The third-order valence-electron chi connectivity index (χ3n) is 2.84. The molecule has 0 radical (unpaired) electrons. The first-order valence-electron chi connectivity index (χ1n) is 5.47. The normalized spacial score (nSPS) is 10.3. The van der Waals surface area contributed by atoms with Crippen molar-refractivity contribution in [2.24, 2.45) is 5.73 Å². The first-order chi connectivity index (χ1) is 8.50. The summed E-state index contributed by atoms with van der Waals surface area (Å²) in [5.41, 5.74) is 8.28. The van der Waals surface area contributed by atoms with Crippen LogP contribution >= 0.6 is 0 Å². The summed E-state index contributed by atoms with van der Waals surface area (Å²) in [6.07, 6.45) is 0. The highest BCUT2D eigenvalue weighted by molar-refractivity contribution is 5.97. The minimum absolute atomic E-state index is 0.0131. The average molecular weight is 242 g/mol. The lowest BCUT2D eigenvalue weighted by atomic mass is 9.98. The monoisotopic (exact) mass is 242 g/mol. The second-order valence-corrected chi connectivity index (χ2v) is 4.12. The minimum Gasteiger partial charge on any atom is -0.504 e. The summed E-state index contributed by atoms with van der Waals surface area (Å²) in [6, 6.07) is 10.1. The summed E-state index contributed by atoms with van der Waals surface area (Å²) in [7, 11) is 0. The molecular weight excluding hydrogens is 228 g/mol. The zero-order valence-electron chi connectivity index (χ0n) is 9.94. The Hall–Kier alpha value is -2.49. The number of phenols is 2. The number of aryl methyl sites for hydroxylation is 1. The molecule has 0 aromatic heterocycles. The highest BCUT2D eigenvalue weighted by Crippen LogP contribution is 2.36. The van der Waals surface area contributed by atoms with Crippen LogP contribution in [-0.2, 0) is 0 Å². The van der Waals surface area contributed by atoms with Gasteiger partial charge in [-0.2, -0.15) is 0 Å². The number of phenolic OH excluding ortho intramolecular Hbond substituents is 2. The highest BCUT2D eigenvalue weighted by Gasteiger charge is 2.10. The molecule has 0 fully saturated rings. The van der Waals surface area contributed by atoms with E-state index in [-0.39, 0.29) is 17.3 Å². The molecule has 0 saturated heterocycles. The summed E-state index contributed by atoms with van der Waals surface area (Å²) in [5, 5.41) is 26.7. The molecule has 18 heavy (non-hydrogen) atoms. The Morgan fingerprint density at radius 3 is 2.50 bits per heavy atom. The number of hydrogen-bond acceptors (Lipinski definition) is 3. The van der Waals surface area contributed by atoms with Gasteiger partial charge in [0, 0.05) is 11.1 Å². The fourth-order valence-electron chi connectivity index (χ4n) is 1.90. The molecule has 2 aromatic carbocycles. The van der Waals surface area contributed by atoms with Crippen LogP contribution in [-0.4, -0.2) is 16.0 Å². The SMILES string of the molecule is Cc1cc(-c2cccc(O)c2O)ccc1C(=N)N. The molecule has 0 saturated carbocycles. The molecule has 0 amide bonds. The van der Waals surface area contributed by atoms with Gasteiger partial charge >= 0.3 is 0 Å². The van der Waals surface area contributed by atoms with Crippen molar-refractivity contribution in [2.75, 3.05) is 0 Å². The van der Waals surface area contributed by atoms with E-state index >= 15 is 0 Å². The largest absolute Gasteiger partial charge is 0.504 e. The van der Waals surface area contributed by atoms with E-state index in [0.717, 1.165) is 11.1 Å². The summed E-state index contributed by atoms with van der Waals surface area (Å²) in [6.45, 7) is 1.85. The molecule has 0 aliphatic heterocycles. The first kappa shape index (κ1) is 12.0. The molecule has 0 aliphatic carbocycles. The maximum Gasteiger partial charge on any atom is 0.165 e. The summed E-state index contributed by atoms with van der Waals surface area (Å²) >= 11 is 0. The maximum absolute atomic E-state index is 9.80. The van der Waals surface area contributed by atoms with Crippen molar-refractivity contribution in [3.05, 3.63) is 47.5 Å². The number of aromatic hydroxyl groups is 2. The topological polar surface area (TPSA) is 90.3 Å².